The van der Waals surface area contributed by atoms with Crippen molar-refractivity contribution in [2.24, 2.45) is 10.7 Å². The van der Waals surface area contributed by atoms with Crippen LogP contribution in [0, 0.1) is 0 Å². The van der Waals surface area contributed by atoms with Gasteiger partial charge in [0.2, 0.25) is 0 Å². The van der Waals surface area contributed by atoms with Gasteiger partial charge in [0.15, 0.2) is 5.96 Å². The second kappa shape index (κ2) is 8.34. The van der Waals surface area contributed by atoms with Crippen molar-refractivity contribution < 1.29 is 0 Å². The van der Waals surface area contributed by atoms with Crippen molar-refractivity contribution in [3.05, 3.63) is 35.9 Å². The number of likely N-dealkylation sites (tertiary alicyclic amines) is 1. The van der Waals surface area contributed by atoms with Crippen LogP contribution in [0.5, 0.6) is 0 Å². The van der Waals surface area contributed by atoms with Gasteiger partial charge in [-0.2, -0.15) is 0 Å². The molecule has 1 aromatic rings. The van der Waals surface area contributed by atoms with Gasteiger partial charge in [0.05, 0.1) is 6.54 Å². The topological polar surface area (TPSA) is 53.6 Å². The van der Waals surface area contributed by atoms with Crippen LogP contribution in [0.4, 0.5) is 0 Å². The van der Waals surface area contributed by atoms with Crippen LogP contribution in [0.15, 0.2) is 35.3 Å². The third kappa shape index (κ3) is 5.87. The van der Waals surface area contributed by atoms with Crippen molar-refractivity contribution >= 4 is 5.96 Å². The Kier molecular flexibility index (Phi) is 6.46. The molecule has 4 heteroatoms. The third-order valence-corrected chi connectivity index (χ3v) is 4.47. The van der Waals surface area contributed by atoms with E-state index < -0.39 is 0 Å². The Hall–Kier alpha value is -1.55. The van der Waals surface area contributed by atoms with Crippen molar-refractivity contribution in [1.82, 2.24) is 10.2 Å². The predicted octanol–water partition coefficient (Wildman–Crippen LogP) is 3.31. The number of rotatable bonds is 5. The van der Waals surface area contributed by atoms with Crippen molar-refractivity contribution in [3.8, 4) is 0 Å². The molecule has 1 heterocycles. The molecule has 0 bridgehead atoms. The molecule has 1 aromatic carbocycles. The Morgan fingerprint density at radius 1 is 1.17 bits per heavy atom. The minimum Gasteiger partial charge on any atom is -0.370 e. The van der Waals surface area contributed by atoms with Crippen LogP contribution < -0.4 is 11.1 Å². The average molecular weight is 316 g/mol. The molecule has 0 saturated carbocycles. The number of benzene rings is 1. The number of aliphatic imine (C=N–C) groups is 1. The zero-order valence-corrected chi connectivity index (χ0v) is 14.9. The first-order valence-electron chi connectivity index (χ1n) is 8.85. The van der Waals surface area contributed by atoms with E-state index in [9.17, 15) is 0 Å². The van der Waals surface area contributed by atoms with Gasteiger partial charge < -0.3 is 16.0 Å². The molecule has 1 aliphatic heterocycles. The van der Waals surface area contributed by atoms with E-state index in [1.807, 2.05) is 6.07 Å². The van der Waals surface area contributed by atoms with Gasteiger partial charge in [0.1, 0.15) is 0 Å². The Balaban J connectivity index is 1.90. The third-order valence-electron chi connectivity index (χ3n) is 4.47. The van der Waals surface area contributed by atoms with E-state index in [1.54, 1.807) is 0 Å². The molecule has 0 spiro atoms. The molecule has 0 amide bonds. The molecular weight excluding hydrogens is 284 g/mol. The lowest BCUT2D eigenvalue weighted by molar-refractivity contribution is 0.353. The number of nitrogens with one attached hydrogen (secondary N) is 1. The maximum Gasteiger partial charge on any atom is 0.191 e. The summed E-state index contributed by atoms with van der Waals surface area (Å²) >= 11 is 0. The molecule has 0 radical (unpaired) electrons. The van der Waals surface area contributed by atoms with E-state index in [-0.39, 0.29) is 5.54 Å². The fraction of sp³-hybridized carbons (Fsp3) is 0.632. The molecule has 0 aromatic heterocycles. The van der Waals surface area contributed by atoms with Crippen LogP contribution in [-0.2, 0) is 0 Å². The fourth-order valence-electron chi connectivity index (χ4n) is 3.14. The number of hydrogen-bond donors (Lipinski definition) is 2. The molecule has 1 atom stereocenters. The molecule has 3 N–H and O–H groups in total. The molecule has 1 fully saturated rings. The van der Waals surface area contributed by atoms with Crippen molar-refractivity contribution in [2.45, 2.75) is 58.0 Å². The fourth-order valence-corrected chi connectivity index (χ4v) is 3.14. The maximum absolute atomic E-state index is 6.22. The van der Waals surface area contributed by atoms with Gasteiger partial charge in [-0.25, -0.2) is 0 Å². The lowest BCUT2D eigenvalue weighted by Gasteiger charge is -2.30. The first kappa shape index (κ1) is 17.8. The molecule has 128 valence electrons. The van der Waals surface area contributed by atoms with Crippen LogP contribution in [0.3, 0.4) is 0 Å². The SMILES string of the molecule is CC(NC(C)(C)CN=C(N)N1CCCCCC1)c1ccccc1. The number of nitrogens with two attached hydrogens (primary N) is 1. The summed E-state index contributed by atoms with van der Waals surface area (Å²) in [6, 6.07) is 10.8. The summed E-state index contributed by atoms with van der Waals surface area (Å²) in [6.45, 7) is 9.34. The van der Waals surface area contributed by atoms with E-state index >= 15 is 0 Å². The van der Waals surface area contributed by atoms with Gasteiger partial charge >= 0.3 is 0 Å². The first-order chi connectivity index (χ1) is 11.0. The Morgan fingerprint density at radius 2 is 1.78 bits per heavy atom. The molecule has 1 unspecified atom stereocenters. The van der Waals surface area contributed by atoms with Crippen molar-refractivity contribution in [3.63, 3.8) is 0 Å². The first-order valence-corrected chi connectivity index (χ1v) is 8.85. The Morgan fingerprint density at radius 3 is 2.39 bits per heavy atom. The highest BCUT2D eigenvalue weighted by Gasteiger charge is 2.21. The van der Waals surface area contributed by atoms with Crippen LogP contribution >= 0.6 is 0 Å². The highest BCUT2D eigenvalue weighted by atomic mass is 15.3. The quantitative estimate of drug-likeness (QED) is 0.647. The highest BCUT2D eigenvalue weighted by molar-refractivity contribution is 5.78. The smallest absolute Gasteiger partial charge is 0.191 e. The van der Waals surface area contributed by atoms with Crippen LogP contribution in [0.25, 0.3) is 0 Å². The molecule has 1 aliphatic rings. The summed E-state index contributed by atoms with van der Waals surface area (Å²) in [5, 5.41) is 3.66. The predicted molar refractivity (Wildman–Crippen MR) is 98.6 cm³/mol. The number of guanidine groups is 1. The molecule has 23 heavy (non-hydrogen) atoms. The van der Waals surface area contributed by atoms with Gasteiger partial charge in [-0.1, -0.05) is 43.2 Å². The summed E-state index contributed by atoms with van der Waals surface area (Å²) < 4.78 is 0. The van der Waals surface area contributed by atoms with Gasteiger partial charge in [0, 0.05) is 24.7 Å². The normalized spacial score (nSPS) is 18.6. The number of nitrogens with zero attached hydrogens (tertiary/aromatic N) is 2. The van der Waals surface area contributed by atoms with Crippen molar-refractivity contribution in [1.29, 1.82) is 0 Å². The van der Waals surface area contributed by atoms with Gasteiger partial charge in [-0.15, -0.1) is 0 Å². The lowest BCUT2D eigenvalue weighted by atomic mass is 10.0. The largest absolute Gasteiger partial charge is 0.370 e. The second-order valence-electron chi connectivity index (χ2n) is 7.24. The van der Waals surface area contributed by atoms with E-state index in [2.05, 4.69) is 60.2 Å². The Bertz CT molecular complexity index is 487. The Labute approximate surface area is 141 Å². The summed E-state index contributed by atoms with van der Waals surface area (Å²) in [4.78, 5) is 6.91. The molecule has 1 saturated heterocycles. The highest BCUT2D eigenvalue weighted by Crippen LogP contribution is 2.16. The minimum atomic E-state index is -0.0915. The maximum atomic E-state index is 6.22. The molecule has 0 aliphatic carbocycles. The van der Waals surface area contributed by atoms with Gasteiger partial charge in [-0.3, -0.25) is 4.99 Å². The molecular formula is C19H32N4. The van der Waals surface area contributed by atoms with E-state index in [4.69, 9.17) is 5.73 Å². The minimum absolute atomic E-state index is 0.0915. The van der Waals surface area contributed by atoms with Crippen LogP contribution in [0.2, 0.25) is 0 Å². The summed E-state index contributed by atoms with van der Waals surface area (Å²) in [7, 11) is 0. The summed E-state index contributed by atoms with van der Waals surface area (Å²) in [5.74, 6) is 0.703. The standard InChI is InChI=1S/C19H32N4/c1-16(17-11-7-6-8-12-17)22-19(2,3)15-21-18(20)23-13-9-4-5-10-14-23/h6-8,11-12,16,22H,4-5,9-10,13-15H2,1-3H3,(H2,20,21). The summed E-state index contributed by atoms with van der Waals surface area (Å²) in [5.41, 5.74) is 7.42. The molecule has 4 nitrogen and oxygen atoms in total. The molecule has 2 rings (SSSR count). The number of hydrogen-bond acceptors (Lipinski definition) is 2. The van der Waals surface area contributed by atoms with E-state index in [0.29, 0.717) is 18.5 Å². The van der Waals surface area contributed by atoms with E-state index in [0.717, 1.165) is 13.1 Å². The van der Waals surface area contributed by atoms with E-state index in [1.165, 1.54) is 31.2 Å². The average Bonchev–Trinajstić information content (AvgIpc) is 2.82. The monoisotopic (exact) mass is 316 g/mol. The van der Waals surface area contributed by atoms with Crippen molar-refractivity contribution in [2.75, 3.05) is 19.6 Å². The van der Waals surface area contributed by atoms with Crippen LogP contribution in [0.1, 0.15) is 58.1 Å². The summed E-state index contributed by atoms with van der Waals surface area (Å²) in [6.07, 6.45) is 5.07. The zero-order valence-electron chi connectivity index (χ0n) is 14.9. The van der Waals surface area contributed by atoms with Crippen LogP contribution in [-0.4, -0.2) is 36.0 Å². The van der Waals surface area contributed by atoms with Gasteiger partial charge in [0.25, 0.3) is 0 Å². The van der Waals surface area contributed by atoms with Gasteiger partial charge in [-0.05, 0) is 39.2 Å². The second-order valence-corrected chi connectivity index (χ2v) is 7.24. The lowest BCUT2D eigenvalue weighted by Crippen LogP contribution is -2.45. The zero-order chi connectivity index (χ0) is 16.7.